The summed E-state index contributed by atoms with van der Waals surface area (Å²) in [4.78, 5) is 0. The molecule has 0 saturated heterocycles. The van der Waals surface area contributed by atoms with E-state index in [0.29, 0.717) is 6.04 Å². The summed E-state index contributed by atoms with van der Waals surface area (Å²) in [5.74, 6) is 0. The van der Waals surface area contributed by atoms with Gasteiger partial charge < -0.3 is 5.32 Å². The molecule has 3 nitrogen and oxygen atoms in total. The zero-order valence-electron chi connectivity index (χ0n) is 12.3. The molecular weight excluding hydrogens is 234 g/mol. The Hall–Kier alpha value is -1.61. The van der Waals surface area contributed by atoms with Crippen LogP contribution >= 0.6 is 0 Å². The molecule has 19 heavy (non-hydrogen) atoms. The minimum Gasteiger partial charge on any atom is -0.310 e. The van der Waals surface area contributed by atoms with Crippen LogP contribution in [0.5, 0.6) is 0 Å². The van der Waals surface area contributed by atoms with Crippen LogP contribution in [0.1, 0.15) is 36.2 Å². The van der Waals surface area contributed by atoms with E-state index in [1.165, 1.54) is 16.7 Å². The number of benzene rings is 1. The van der Waals surface area contributed by atoms with Gasteiger partial charge >= 0.3 is 0 Å². The van der Waals surface area contributed by atoms with E-state index in [4.69, 9.17) is 0 Å². The lowest BCUT2D eigenvalue weighted by Gasteiger charge is -2.06. The van der Waals surface area contributed by atoms with E-state index >= 15 is 0 Å². The molecule has 0 amide bonds. The second-order valence-electron chi connectivity index (χ2n) is 5.46. The maximum Gasteiger partial charge on any atom is 0.0659 e. The molecule has 3 heteroatoms. The van der Waals surface area contributed by atoms with Gasteiger partial charge in [0.1, 0.15) is 0 Å². The summed E-state index contributed by atoms with van der Waals surface area (Å²) >= 11 is 0. The smallest absolute Gasteiger partial charge is 0.0659 e. The number of hydrogen-bond donors (Lipinski definition) is 1. The Morgan fingerprint density at radius 3 is 2.47 bits per heavy atom. The van der Waals surface area contributed by atoms with Gasteiger partial charge in [0.25, 0.3) is 0 Å². The first kappa shape index (κ1) is 13.8. The standard InChI is InChI=1S/C16H23N3/c1-12(2)17-9-16-11-19(18-14(16)4)10-15-7-5-13(3)6-8-15/h5-8,11-12,17H,9-10H2,1-4H3. The molecule has 0 unspecified atom stereocenters. The molecule has 0 bridgehead atoms. The van der Waals surface area contributed by atoms with Crippen molar-refractivity contribution >= 4 is 0 Å². The Morgan fingerprint density at radius 2 is 1.84 bits per heavy atom. The molecule has 0 spiro atoms. The molecule has 1 aromatic carbocycles. The highest BCUT2D eigenvalue weighted by Gasteiger charge is 2.05. The Balaban J connectivity index is 2.05. The first-order valence-corrected chi connectivity index (χ1v) is 6.86. The average Bonchev–Trinajstić information content (AvgIpc) is 2.70. The van der Waals surface area contributed by atoms with Crippen molar-refractivity contribution in [2.45, 2.75) is 46.8 Å². The van der Waals surface area contributed by atoms with Gasteiger partial charge in [-0.2, -0.15) is 5.10 Å². The normalized spacial score (nSPS) is 11.2. The SMILES string of the molecule is Cc1ccc(Cn2cc(CNC(C)C)c(C)n2)cc1. The summed E-state index contributed by atoms with van der Waals surface area (Å²) in [6.45, 7) is 10.2. The van der Waals surface area contributed by atoms with E-state index in [0.717, 1.165) is 18.8 Å². The van der Waals surface area contributed by atoms with Crippen molar-refractivity contribution in [3.05, 3.63) is 52.8 Å². The van der Waals surface area contributed by atoms with E-state index in [1.807, 2.05) is 4.68 Å². The number of rotatable bonds is 5. The van der Waals surface area contributed by atoms with Gasteiger partial charge in [0.2, 0.25) is 0 Å². The van der Waals surface area contributed by atoms with E-state index in [-0.39, 0.29) is 0 Å². The highest BCUT2D eigenvalue weighted by molar-refractivity contribution is 5.22. The van der Waals surface area contributed by atoms with Crippen LogP contribution in [-0.4, -0.2) is 15.8 Å². The van der Waals surface area contributed by atoms with Crippen molar-refractivity contribution in [1.82, 2.24) is 15.1 Å². The summed E-state index contributed by atoms with van der Waals surface area (Å²) < 4.78 is 2.03. The number of aryl methyl sites for hydroxylation is 2. The van der Waals surface area contributed by atoms with Crippen LogP contribution in [0.25, 0.3) is 0 Å². The fourth-order valence-corrected chi connectivity index (χ4v) is 2.01. The van der Waals surface area contributed by atoms with Crippen LogP contribution in [0.4, 0.5) is 0 Å². The number of nitrogens with one attached hydrogen (secondary N) is 1. The molecule has 1 aromatic heterocycles. The summed E-state index contributed by atoms with van der Waals surface area (Å²) in [6.07, 6.45) is 2.14. The maximum absolute atomic E-state index is 4.58. The highest BCUT2D eigenvalue weighted by Crippen LogP contribution is 2.09. The van der Waals surface area contributed by atoms with Gasteiger partial charge in [-0.1, -0.05) is 43.7 Å². The van der Waals surface area contributed by atoms with Crippen LogP contribution in [0.2, 0.25) is 0 Å². The van der Waals surface area contributed by atoms with Crippen LogP contribution < -0.4 is 5.32 Å². The highest BCUT2D eigenvalue weighted by atomic mass is 15.3. The maximum atomic E-state index is 4.58. The number of hydrogen-bond acceptors (Lipinski definition) is 2. The fraction of sp³-hybridized carbons (Fsp3) is 0.438. The lowest BCUT2D eigenvalue weighted by molar-refractivity contribution is 0.587. The van der Waals surface area contributed by atoms with Gasteiger partial charge in [-0.15, -0.1) is 0 Å². The van der Waals surface area contributed by atoms with Crippen molar-refractivity contribution in [3.63, 3.8) is 0 Å². The van der Waals surface area contributed by atoms with E-state index in [9.17, 15) is 0 Å². The molecule has 2 rings (SSSR count). The lowest BCUT2D eigenvalue weighted by Crippen LogP contribution is -2.21. The molecule has 0 radical (unpaired) electrons. The van der Waals surface area contributed by atoms with Crippen LogP contribution in [0, 0.1) is 13.8 Å². The van der Waals surface area contributed by atoms with Crippen LogP contribution in [0.15, 0.2) is 30.5 Å². The van der Waals surface area contributed by atoms with E-state index < -0.39 is 0 Å². The minimum absolute atomic E-state index is 0.500. The molecule has 0 fully saturated rings. The van der Waals surface area contributed by atoms with Crippen molar-refractivity contribution in [1.29, 1.82) is 0 Å². The molecule has 0 saturated carbocycles. The zero-order chi connectivity index (χ0) is 13.8. The molecule has 0 atom stereocenters. The molecule has 0 aliphatic carbocycles. The summed E-state index contributed by atoms with van der Waals surface area (Å²) in [5.41, 5.74) is 4.97. The third-order valence-electron chi connectivity index (χ3n) is 3.21. The average molecular weight is 257 g/mol. The van der Waals surface area contributed by atoms with Crippen molar-refractivity contribution in [2.24, 2.45) is 0 Å². The molecule has 2 aromatic rings. The Morgan fingerprint density at radius 1 is 1.16 bits per heavy atom. The molecule has 0 aliphatic rings. The molecule has 1 heterocycles. The topological polar surface area (TPSA) is 29.9 Å². The number of nitrogens with zero attached hydrogens (tertiary/aromatic N) is 2. The van der Waals surface area contributed by atoms with Gasteiger partial charge in [-0.05, 0) is 19.4 Å². The monoisotopic (exact) mass is 257 g/mol. The van der Waals surface area contributed by atoms with Crippen LogP contribution in [-0.2, 0) is 13.1 Å². The van der Waals surface area contributed by atoms with Crippen molar-refractivity contribution in [3.8, 4) is 0 Å². The van der Waals surface area contributed by atoms with Gasteiger partial charge in [-0.3, -0.25) is 4.68 Å². The van der Waals surface area contributed by atoms with Crippen molar-refractivity contribution in [2.75, 3.05) is 0 Å². The van der Waals surface area contributed by atoms with E-state index in [1.54, 1.807) is 0 Å². The predicted molar refractivity (Wildman–Crippen MR) is 79.2 cm³/mol. The van der Waals surface area contributed by atoms with Crippen molar-refractivity contribution < 1.29 is 0 Å². The largest absolute Gasteiger partial charge is 0.310 e. The molecule has 1 N–H and O–H groups in total. The Labute approximate surface area is 115 Å². The second-order valence-corrected chi connectivity index (χ2v) is 5.46. The Kier molecular flexibility index (Phi) is 4.38. The fourth-order valence-electron chi connectivity index (χ4n) is 2.01. The predicted octanol–water partition coefficient (Wildman–Crippen LogP) is 3.05. The van der Waals surface area contributed by atoms with Gasteiger partial charge in [0.15, 0.2) is 0 Å². The summed E-state index contributed by atoms with van der Waals surface area (Å²) in [7, 11) is 0. The molecular formula is C16H23N3. The van der Waals surface area contributed by atoms with Gasteiger partial charge in [-0.25, -0.2) is 0 Å². The minimum atomic E-state index is 0.500. The third-order valence-corrected chi connectivity index (χ3v) is 3.21. The molecule has 0 aliphatic heterocycles. The molecule has 102 valence electrons. The third kappa shape index (κ3) is 3.93. The second kappa shape index (κ2) is 6.02. The Bertz CT molecular complexity index is 523. The van der Waals surface area contributed by atoms with Crippen LogP contribution in [0.3, 0.4) is 0 Å². The summed E-state index contributed by atoms with van der Waals surface area (Å²) in [5, 5.41) is 8.02. The van der Waals surface area contributed by atoms with Gasteiger partial charge in [0.05, 0.1) is 12.2 Å². The van der Waals surface area contributed by atoms with Gasteiger partial charge in [0, 0.05) is 24.3 Å². The zero-order valence-corrected chi connectivity index (χ0v) is 12.3. The first-order valence-electron chi connectivity index (χ1n) is 6.86. The number of aromatic nitrogens is 2. The van der Waals surface area contributed by atoms with E-state index in [2.05, 4.69) is 68.6 Å². The first-order chi connectivity index (χ1) is 9.04. The summed E-state index contributed by atoms with van der Waals surface area (Å²) in [6, 6.07) is 9.12. The quantitative estimate of drug-likeness (QED) is 0.892. The lowest BCUT2D eigenvalue weighted by atomic mass is 10.1.